The van der Waals surface area contributed by atoms with E-state index in [0.29, 0.717) is 24.2 Å². The van der Waals surface area contributed by atoms with Crippen LogP contribution in [0.3, 0.4) is 0 Å². The second-order valence-corrected chi connectivity index (χ2v) is 6.21. The predicted molar refractivity (Wildman–Crippen MR) is 75.9 cm³/mol. The fourth-order valence-corrected chi connectivity index (χ4v) is 2.54. The van der Waals surface area contributed by atoms with Crippen molar-refractivity contribution in [2.75, 3.05) is 12.3 Å². The standard InChI is InChI=1S/C12H19N5O3S/c1-8(2-5-11(19)20)6-13-10(18)7-21-12-14-15-16-17(12)9-3-4-9/h8-9H,2-7H2,1H3,(H,13,18)(H,19,20). The van der Waals surface area contributed by atoms with Gasteiger partial charge in [0.15, 0.2) is 0 Å². The highest BCUT2D eigenvalue weighted by Crippen LogP contribution is 2.36. The van der Waals surface area contributed by atoms with Crippen LogP contribution in [0.2, 0.25) is 0 Å². The van der Waals surface area contributed by atoms with E-state index in [-0.39, 0.29) is 24.0 Å². The van der Waals surface area contributed by atoms with E-state index < -0.39 is 5.97 Å². The third kappa shape index (κ3) is 5.33. The molecule has 0 aromatic carbocycles. The first kappa shape index (κ1) is 15.7. The van der Waals surface area contributed by atoms with E-state index in [1.165, 1.54) is 11.8 Å². The van der Waals surface area contributed by atoms with Crippen LogP contribution in [0.1, 0.15) is 38.6 Å². The number of carbonyl (C=O) groups excluding carboxylic acids is 1. The van der Waals surface area contributed by atoms with E-state index in [2.05, 4.69) is 20.8 Å². The summed E-state index contributed by atoms with van der Waals surface area (Å²) in [6.07, 6.45) is 2.86. The number of aromatic nitrogens is 4. The van der Waals surface area contributed by atoms with Crippen LogP contribution in [0.4, 0.5) is 0 Å². The lowest BCUT2D eigenvalue weighted by Crippen LogP contribution is -2.30. The van der Waals surface area contributed by atoms with Crippen LogP contribution < -0.4 is 5.32 Å². The van der Waals surface area contributed by atoms with E-state index in [9.17, 15) is 9.59 Å². The number of tetrazole rings is 1. The van der Waals surface area contributed by atoms with Gasteiger partial charge in [0, 0.05) is 13.0 Å². The minimum Gasteiger partial charge on any atom is -0.481 e. The zero-order chi connectivity index (χ0) is 15.2. The SMILES string of the molecule is CC(CCC(=O)O)CNC(=O)CSc1nnnn1C1CC1. The highest BCUT2D eigenvalue weighted by molar-refractivity contribution is 7.99. The van der Waals surface area contributed by atoms with Crippen LogP contribution in [-0.2, 0) is 9.59 Å². The van der Waals surface area contributed by atoms with Crippen molar-refractivity contribution in [3.8, 4) is 0 Å². The van der Waals surface area contributed by atoms with Crippen LogP contribution in [0, 0.1) is 5.92 Å². The molecule has 1 atom stereocenters. The molecule has 1 aromatic heterocycles. The summed E-state index contributed by atoms with van der Waals surface area (Å²) in [5.41, 5.74) is 0. The van der Waals surface area contributed by atoms with Crippen LogP contribution >= 0.6 is 11.8 Å². The largest absolute Gasteiger partial charge is 0.481 e. The number of aliphatic carboxylic acids is 1. The van der Waals surface area contributed by atoms with Gasteiger partial charge in [0.05, 0.1) is 11.8 Å². The molecule has 2 N–H and O–H groups in total. The molecule has 21 heavy (non-hydrogen) atoms. The monoisotopic (exact) mass is 313 g/mol. The van der Waals surface area contributed by atoms with E-state index in [1.54, 1.807) is 4.68 Å². The number of carboxylic acids is 1. The molecule has 0 radical (unpaired) electrons. The molecule has 9 heteroatoms. The number of amides is 1. The number of hydrogen-bond acceptors (Lipinski definition) is 6. The lowest BCUT2D eigenvalue weighted by Gasteiger charge is -2.11. The number of nitrogens with zero attached hydrogens (tertiary/aromatic N) is 4. The number of rotatable bonds is 9. The van der Waals surface area contributed by atoms with Gasteiger partial charge in [-0.1, -0.05) is 18.7 Å². The van der Waals surface area contributed by atoms with E-state index in [0.717, 1.165) is 12.8 Å². The molecule has 0 bridgehead atoms. The summed E-state index contributed by atoms with van der Waals surface area (Å²) in [7, 11) is 0. The zero-order valence-electron chi connectivity index (χ0n) is 11.9. The van der Waals surface area contributed by atoms with Crippen molar-refractivity contribution in [2.45, 2.75) is 43.8 Å². The summed E-state index contributed by atoms with van der Waals surface area (Å²) in [6.45, 7) is 2.41. The van der Waals surface area contributed by atoms with Gasteiger partial charge in [-0.25, -0.2) is 4.68 Å². The quantitative estimate of drug-likeness (QED) is 0.646. The Labute approximate surface area is 126 Å². The molecule has 1 amide bonds. The Morgan fingerprint density at radius 3 is 2.95 bits per heavy atom. The second-order valence-electron chi connectivity index (χ2n) is 5.27. The minimum atomic E-state index is -0.810. The lowest BCUT2D eigenvalue weighted by atomic mass is 10.1. The van der Waals surface area contributed by atoms with Crippen LogP contribution in [0.25, 0.3) is 0 Å². The highest BCUT2D eigenvalue weighted by Gasteiger charge is 2.28. The molecule has 1 fully saturated rings. The van der Waals surface area contributed by atoms with Gasteiger partial charge in [-0.2, -0.15) is 0 Å². The van der Waals surface area contributed by atoms with Gasteiger partial charge < -0.3 is 10.4 Å². The van der Waals surface area contributed by atoms with E-state index >= 15 is 0 Å². The lowest BCUT2D eigenvalue weighted by molar-refractivity contribution is -0.137. The van der Waals surface area contributed by atoms with Crippen LogP contribution in [0.5, 0.6) is 0 Å². The van der Waals surface area contributed by atoms with Gasteiger partial charge in [-0.3, -0.25) is 9.59 Å². The molecule has 2 rings (SSSR count). The molecule has 1 saturated carbocycles. The second kappa shape index (κ2) is 7.39. The van der Waals surface area contributed by atoms with Crippen molar-refractivity contribution in [1.29, 1.82) is 0 Å². The molecule has 1 aliphatic rings. The number of carboxylic acid groups (broad SMARTS) is 1. The maximum atomic E-state index is 11.8. The molecule has 1 aromatic rings. The Bertz CT molecular complexity index is 503. The normalized spacial score (nSPS) is 15.7. The average molecular weight is 313 g/mol. The Balaban J connectivity index is 1.65. The number of nitrogens with one attached hydrogen (secondary N) is 1. The fourth-order valence-electron chi connectivity index (χ4n) is 1.77. The summed E-state index contributed by atoms with van der Waals surface area (Å²) in [4.78, 5) is 22.2. The number of hydrogen-bond donors (Lipinski definition) is 2. The summed E-state index contributed by atoms with van der Waals surface area (Å²) in [5.74, 6) is -0.492. The topological polar surface area (TPSA) is 110 Å². The van der Waals surface area contributed by atoms with Crippen LogP contribution in [-0.4, -0.2) is 49.5 Å². The Kier molecular flexibility index (Phi) is 5.54. The molecule has 0 aliphatic heterocycles. The molecule has 1 unspecified atom stereocenters. The zero-order valence-corrected chi connectivity index (χ0v) is 12.7. The molecule has 116 valence electrons. The van der Waals surface area contributed by atoms with Gasteiger partial charge in [0.2, 0.25) is 11.1 Å². The first-order chi connectivity index (χ1) is 10.1. The van der Waals surface area contributed by atoms with Crippen molar-refractivity contribution in [2.24, 2.45) is 5.92 Å². The molecule has 8 nitrogen and oxygen atoms in total. The summed E-state index contributed by atoms with van der Waals surface area (Å²) in [5, 5.41) is 23.5. The third-order valence-corrected chi connectivity index (χ3v) is 4.12. The van der Waals surface area contributed by atoms with E-state index in [1.807, 2.05) is 6.92 Å². The summed E-state index contributed by atoms with van der Waals surface area (Å²) < 4.78 is 1.77. The van der Waals surface area contributed by atoms with Gasteiger partial charge in [0.1, 0.15) is 0 Å². The molecule has 0 saturated heterocycles. The highest BCUT2D eigenvalue weighted by atomic mass is 32.2. The van der Waals surface area contributed by atoms with Crippen molar-refractivity contribution < 1.29 is 14.7 Å². The van der Waals surface area contributed by atoms with Gasteiger partial charge in [-0.05, 0) is 35.6 Å². The summed E-state index contributed by atoms with van der Waals surface area (Å²) in [6, 6.07) is 0.390. The van der Waals surface area contributed by atoms with Crippen molar-refractivity contribution in [3.63, 3.8) is 0 Å². The number of carbonyl (C=O) groups is 2. The maximum absolute atomic E-state index is 11.8. The van der Waals surface area contributed by atoms with Gasteiger partial charge in [-0.15, -0.1) is 5.10 Å². The smallest absolute Gasteiger partial charge is 0.303 e. The predicted octanol–water partition coefficient (Wildman–Crippen LogP) is 0.717. The van der Waals surface area contributed by atoms with Gasteiger partial charge >= 0.3 is 5.97 Å². The fraction of sp³-hybridized carbons (Fsp3) is 0.750. The Morgan fingerprint density at radius 2 is 2.29 bits per heavy atom. The van der Waals surface area contributed by atoms with Crippen LogP contribution in [0.15, 0.2) is 5.16 Å². The molecular weight excluding hydrogens is 294 g/mol. The van der Waals surface area contributed by atoms with E-state index in [4.69, 9.17) is 5.11 Å². The Hall–Kier alpha value is -1.64. The van der Waals surface area contributed by atoms with Crippen molar-refractivity contribution in [1.82, 2.24) is 25.5 Å². The molecular formula is C12H19N5O3S. The first-order valence-electron chi connectivity index (χ1n) is 6.95. The van der Waals surface area contributed by atoms with Crippen molar-refractivity contribution >= 4 is 23.6 Å². The minimum absolute atomic E-state index is 0.0903. The maximum Gasteiger partial charge on any atom is 0.303 e. The van der Waals surface area contributed by atoms with Crippen molar-refractivity contribution in [3.05, 3.63) is 0 Å². The Morgan fingerprint density at radius 1 is 1.52 bits per heavy atom. The average Bonchev–Trinajstić information content (AvgIpc) is 3.19. The van der Waals surface area contributed by atoms with Gasteiger partial charge in [0.25, 0.3) is 0 Å². The number of thioether (sulfide) groups is 1. The summed E-state index contributed by atoms with van der Waals surface area (Å²) >= 11 is 1.32. The third-order valence-electron chi connectivity index (χ3n) is 3.19. The molecule has 1 aliphatic carbocycles. The molecule has 1 heterocycles. The first-order valence-corrected chi connectivity index (χ1v) is 7.94. The molecule has 0 spiro atoms.